The fourth-order valence-electron chi connectivity index (χ4n) is 0.962. The molecular weight excluding hydrogens is 170 g/mol. The van der Waals surface area contributed by atoms with Crippen molar-refractivity contribution < 1.29 is 9.59 Å². The zero-order valence-corrected chi connectivity index (χ0v) is 8.04. The average molecular weight is 187 g/mol. The van der Waals surface area contributed by atoms with Gasteiger partial charge in [-0.05, 0) is 5.92 Å². The number of hydrogen-bond donors (Lipinski definition) is 3. The number of hydrogen-bond acceptors (Lipinski definition) is 3. The second kappa shape index (κ2) is 5.53. The fraction of sp³-hybridized carbons (Fsp3) is 0.750. The number of amides is 2. The Morgan fingerprint density at radius 1 is 1.46 bits per heavy atom. The van der Waals surface area contributed by atoms with E-state index in [1.807, 2.05) is 13.8 Å². The van der Waals surface area contributed by atoms with Gasteiger partial charge >= 0.3 is 0 Å². The fourth-order valence-corrected chi connectivity index (χ4v) is 0.962. The molecule has 0 spiro atoms. The standard InChI is InChI=1S/C8H17N3O2/c1-3-5(2)7(8(10)13)11-6(12)4-9/h5,7H,3-4,9H2,1-2H3,(H2,10,13)(H,11,12)/t5-,7-/m0/s1. The summed E-state index contributed by atoms with van der Waals surface area (Å²) >= 11 is 0. The Labute approximate surface area is 77.8 Å². The molecule has 0 radical (unpaired) electrons. The van der Waals surface area contributed by atoms with E-state index in [2.05, 4.69) is 5.32 Å². The first-order chi connectivity index (χ1) is 6.02. The third kappa shape index (κ3) is 3.89. The molecule has 2 amide bonds. The van der Waals surface area contributed by atoms with Crippen molar-refractivity contribution in [3.8, 4) is 0 Å². The van der Waals surface area contributed by atoms with Gasteiger partial charge in [-0.15, -0.1) is 0 Å². The molecule has 0 aliphatic rings. The monoisotopic (exact) mass is 187 g/mol. The van der Waals surface area contributed by atoms with Crippen LogP contribution < -0.4 is 16.8 Å². The molecule has 2 atom stereocenters. The molecule has 0 fully saturated rings. The second-order valence-corrected chi connectivity index (χ2v) is 3.04. The summed E-state index contributed by atoms with van der Waals surface area (Å²) in [6.45, 7) is 3.65. The van der Waals surface area contributed by atoms with Gasteiger partial charge in [0.05, 0.1) is 6.54 Å². The molecule has 0 rings (SSSR count). The molecular formula is C8H17N3O2. The van der Waals surface area contributed by atoms with Crippen molar-refractivity contribution in [1.82, 2.24) is 5.32 Å². The Kier molecular flexibility index (Phi) is 5.06. The summed E-state index contributed by atoms with van der Waals surface area (Å²) in [6.07, 6.45) is 0.776. The van der Waals surface area contributed by atoms with Crippen LogP contribution in [0.3, 0.4) is 0 Å². The van der Waals surface area contributed by atoms with Gasteiger partial charge < -0.3 is 16.8 Å². The molecule has 5 N–H and O–H groups in total. The van der Waals surface area contributed by atoms with Gasteiger partial charge in [0.2, 0.25) is 11.8 Å². The zero-order chi connectivity index (χ0) is 10.4. The lowest BCUT2D eigenvalue weighted by Gasteiger charge is -2.20. The van der Waals surface area contributed by atoms with Crippen LogP contribution in [-0.2, 0) is 9.59 Å². The van der Waals surface area contributed by atoms with Gasteiger partial charge in [-0.25, -0.2) is 0 Å². The highest BCUT2D eigenvalue weighted by molar-refractivity contribution is 5.87. The van der Waals surface area contributed by atoms with Crippen molar-refractivity contribution in [3.05, 3.63) is 0 Å². The third-order valence-corrected chi connectivity index (χ3v) is 2.02. The van der Waals surface area contributed by atoms with Crippen molar-refractivity contribution in [3.63, 3.8) is 0 Å². The van der Waals surface area contributed by atoms with Crippen LogP contribution in [0, 0.1) is 5.92 Å². The average Bonchev–Trinajstić information content (AvgIpc) is 2.11. The molecule has 0 aromatic heterocycles. The first kappa shape index (κ1) is 11.9. The lowest BCUT2D eigenvalue weighted by Crippen LogP contribution is -2.49. The topological polar surface area (TPSA) is 98.2 Å². The molecule has 0 aromatic carbocycles. The summed E-state index contributed by atoms with van der Waals surface area (Å²) < 4.78 is 0. The predicted octanol–water partition coefficient (Wildman–Crippen LogP) is -1.04. The van der Waals surface area contributed by atoms with Crippen LogP contribution in [0.2, 0.25) is 0 Å². The Morgan fingerprint density at radius 2 is 2.00 bits per heavy atom. The van der Waals surface area contributed by atoms with Crippen LogP contribution in [0.25, 0.3) is 0 Å². The Bertz CT molecular complexity index is 194. The summed E-state index contributed by atoms with van der Waals surface area (Å²) in [5, 5.41) is 2.48. The largest absolute Gasteiger partial charge is 0.368 e. The lowest BCUT2D eigenvalue weighted by molar-refractivity contribution is -0.127. The number of carbonyl (C=O) groups excluding carboxylic acids is 2. The first-order valence-electron chi connectivity index (χ1n) is 4.31. The highest BCUT2D eigenvalue weighted by Crippen LogP contribution is 2.06. The summed E-state index contributed by atoms with van der Waals surface area (Å²) in [5.41, 5.74) is 10.2. The molecule has 0 unspecified atom stereocenters. The van der Waals surface area contributed by atoms with E-state index in [9.17, 15) is 9.59 Å². The quantitative estimate of drug-likeness (QED) is 0.512. The second-order valence-electron chi connectivity index (χ2n) is 3.04. The highest BCUT2D eigenvalue weighted by Gasteiger charge is 2.22. The van der Waals surface area contributed by atoms with E-state index in [0.29, 0.717) is 0 Å². The van der Waals surface area contributed by atoms with E-state index >= 15 is 0 Å². The maximum absolute atomic E-state index is 10.9. The van der Waals surface area contributed by atoms with E-state index in [4.69, 9.17) is 11.5 Å². The number of nitrogens with two attached hydrogens (primary N) is 2. The zero-order valence-electron chi connectivity index (χ0n) is 8.04. The van der Waals surface area contributed by atoms with Crippen molar-refractivity contribution >= 4 is 11.8 Å². The molecule has 0 heterocycles. The van der Waals surface area contributed by atoms with Gasteiger partial charge in [-0.1, -0.05) is 20.3 Å². The van der Waals surface area contributed by atoms with Gasteiger partial charge in [0.15, 0.2) is 0 Å². The number of rotatable bonds is 5. The SMILES string of the molecule is CC[C@H](C)[C@H](NC(=O)CN)C(N)=O. The van der Waals surface area contributed by atoms with Crippen molar-refractivity contribution in [2.24, 2.45) is 17.4 Å². The predicted molar refractivity (Wildman–Crippen MR) is 49.6 cm³/mol. The van der Waals surface area contributed by atoms with Crippen molar-refractivity contribution in [1.29, 1.82) is 0 Å². The highest BCUT2D eigenvalue weighted by atomic mass is 16.2. The van der Waals surface area contributed by atoms with Crippen LogP contribution in [-0.4, -0.2) is 24.4 Å². The number of primary amides is 1. The van der Waals surface area contributed by atoms with Gasteiger partial charge in [0.1, 0.15) is 6.04 Å². The molecule has 76 valence electrons. The first-order valence-corrected chi connectivity index (χ1v) is 4.31. The molecule has 0 saturated carbocycles. The maximum Gasteiger partial charge on any atom is 0.240 e. The Balaban J connectivity index is 4.26. The molecule has 0 bridgehead atoms. The minimum absolute atomic E-state index is 0.0352. The minimum atomic E-state index is -0.610. The maximum atomic E-state index is 10.9. The number of carbonyl (C=O) groups is 2. The van der Waals surface area contributed by atoms with Crippen LogP contribution in [0.4, 0.5) is 0 Å². The molecule has 0 aromatic rings. The van der Waals surface area contributed by atoms with Crippen molar-refractivity contribution in [2.75, 3.05) is 6.54 Å². The minimum Gasteiger partial charge on any atom is -0.368 e. The van der Waals surface area contributed by atoms with E-state index in [-0.39, 0.29) is 18.4 Å². The lowest BCUT2D eigenvalue weighted by atomic mass is 9.99. The van der Waals surface area contributed by atoms with Gasteiger partial charge in [-0.2, -0.15) is 0 Å². The van der Waals surface area contributed by atoms with Crippen LogP contribution in [0.15, 0.2) is 0 Å². The molecule has 0 aliphatic carbocycles. The number of nitrogens with one attached hydrogen (secondary N) is 1. The van der Waals surface area contributed by atoms with Crippen molar-refractivity contribution in [2.45, 2.75) is 26.3 Å². The van der Waals surface area contributed by atoms with Gasteiger partial charge in [-0.3, -0.25) is 9.59 Å². The van der Waals surface area contributed by atoms with Gasteiger partial charge in [0.25, 0.3) is 0 Å². The van der Waals surface area contributed by atoms with E-state index in [0.717, 1.165) is 6.42 Å². The molecule has 0 aliphatic heterocycles. The summed E-state index contributed by atoms with van der Waals surface area (Å²) in [7, 11) is 0. The normalized spacial score (nSPS) is 14.7. The van der Waals surface area contributed by atoms with E-state index in [1.54, 1.807) is 0 Å². The summed E-state index contributed by atoms with van der Waals surface area (Å²) in [6, 6.07) is -0.610. The Morgan fingerprint density at radius 3 is 2.31 bits per heavy atom. The Hall–Kier alpha value is -1.10. The summed E-state index contributed by atoms with van der Waals surface area (Å²) in [4.78, 5) is 21.8. The molecule has 5 heteroatoms. The third-order valence-electron chi connectivity index (χ3n) is 2.02. The molecule has 13 heavy (non-hydrogen) atoms. The molecule has 0 saturated heterocycles. The van der Waals surface area contributed by atoms with E-state index < -0.39 is 11.9 Å². The van der Waals surface area contributed by atoms with Crippen LogP contribution >= 0.6 is 0 Å². The smallest absolute Gasteiger partial charge is 0.240 e. The van der Waals surface area contributed by atoms with Crippen LogP contribution in [0.1, 0.15) is 20.3 Å². The van der Waals surface area contributed by atoms with Gasteiger partial charge in [0, 0.05) is 0 Å². The van der Waals surface area contributed by atoms with E-state index in [1.165, 1.54) is 0 Å². The summed E-state index contributed by atoms with van der Waals surface area (Å²) in [5.74, 6) is -0.840. The van der Waals surface area contributed by atoms with Crippen LogP contribution in [0.5, 0.6) is 0 Å². The molecule has 5 nitrogen and oxygen atoms in total.